The van der Waals surface area contributed by atoms with Gasteiger partial charge in [0.25, 0.3) is 5.69 Å². The van der Waals surface area contributed by atoms with Crippen LogP contribution in [0.4, 0.5) is 17.1 Å². The van der Waals surface area contributed by atoms with Gasteiger partial charge in [0, 0.05) is 34.8 Å². The molecule has 0 aromatic heterocycles. The number of anilines is 2. The molecule has 0 bridgehead atoms. The molecular formula is C18H18ClN3O4S. The molecule has 1 aliphatic heterocycles. The van der Waals surface area contributed by atoms with Crippen LogP contribution in [-0.4, -0.2) is 42.9 Å². The van der Waals surface area contributed by atoms with Crippen molar-refractivity contribution in [1.29, 1.82) is 0 Å². The molecule has 1 amide bonds. The third kappa shape index (κ3) is 5.35. The zero-order valence-electron chi connectivity index (χ0n) is 14.4. The Balaban J connectivity index is 1.65. The second-order valence-electron chi connectivity index (χ2n) is 5.85. The number of nitro benzene ring substituents is 1. The summed E-state index contributed by atoms with van der Waals surface area (Å²) in [6, 6.07) is 11.9. The number of rotatable bonds is 6. The Morgan fingerprint density at radius 2 is 1.93 bits per heavy atom. The molecule has 1 heterocycles. The molecule has 2 aromatic carbocycles. The van der Waals surface area contributed by atoms with E-state index in [0.29, 0.717) is 42.7 Å². The Bertz CT molecular complexity index is 826. The average Bonchev–Trinajstić information content (AvgIpc) is 2.68. The van der Waals surface area contributed by atoms with Crippen LogP contribution in [0.2, 0.25) is 5.02 Å². The number of carbonyl (C=O) groups excluding carboxylic acids is 1. The quantitative estimate of drug-likeness (QED) is 0.445. The number of halogens is 1. The summed E-state index contributed by atoms with van der Waals surface area (Å²) in [5, 5.41) is 14.8. The molecule has 7 nitrogen and oxygen atoms in total. The highest BCUT2D eigenvalue weighted by atomic mass is 35.5. The van der Waals surface area contributed by atoms with Crippen LogP contribution >= 0.6 is 23.4 Å². The molecule has 0 saturated carbocycles. The largest absolute Gasteiger partial charge is 0.378 e. The molecule has 0 radical (unpaired) electrons. The van der Waals surface area contributed by atoms with E-state index in [4.69, 9.17) is 16.3 Å². The van der Waals surface area contributed by atoms with E-state index in [1.807, 2.05) is 17.0 Å². The number of thioether (sulfide) groups is 1. The fourth-order valence-electron chi connectivity index (χ4n) is 2.70. The van der Waals surface area contributed by atoms with Gasteiger partial charge in [0.05, 0.1) is 23.9 Å². The maximum atomic E-state index is 12.2. The lowest BCUT2D eigenvalue weighted by Crippen LogP contribution is -2.36. The van der Waals surface area contributed by atoms with Gasteiger partial charge in [-0.1, -0.05) is 11.6 Å². The standard InChI is InChI=1S/C18H18ClN3O4S/c19-13-1-4-15(5-2-13)27-12-18(23)20-14-3-6-16(17(11-14)22(24)25)21-7-9-26-10-8-21/h1-6,11H,7-10,12H2,(H,20,23). The molecule has 3 rings (SSSR count). The first-order valence-electron chi connectivity index (χ1n) is 8.32. The Morgan fingerprint density at radius 3 is 2.59 bits per heavy atom. The maximum absolute atomic E-state index is 12.2. The molecule has 1 aliphatic rings. The monoisotopic (exact) mass is 407 g/mol. The first-order chi connectivity index (χ1) is 13.0. The molecule has 27 heavy (non-hydrogen) atoms. The van der Waals surface area contributed by atoms with Crippen molar-refractivity contribution in [2.24, 2.45) is 0 Å². The molecule has 1 saturated heterocycles. The number of nitrogens with zero attached hydrogens (tertiary/aromatic N) is 2. The van der Waals surface area contributed by atoms with E-state index in [1.165, 1.54) is 17.8 Å². The van der Waals surface area contributed by atoms with Crippen LogP contribution in [0.1, 0.15) is 0 Å². The lowest BCUT2D eigenvalue weighted by atomic mass is 10.2. The van der Waals surface area contributed by atoms with Gasteiger partial charge in [0.1, 0.15) is 5.69 Å². The van der Waals surface area contributed by atoms with Crippen molar-refractivity contribution in [3.05, 3.63) is 57.6 Å². The summed E-state index contributed by atoms with van der Waals surface area (Å²) in [4.78, 5) is 26.0. The molecule has 0 atom stereocenters. The minimum atomic E-state index is -0.428. The van der Waals surface area contributed by atoms with Gasteiger partial charge < -0.3 is 15.0 Å². The predicted molar refractivity (Wildman–Crippen MR) is 107 cm³/mol. The van der Waals surface area contributed by atoms with Crippen molar-refractivity contribution in [3.8, 4) is 0 Å². The van der Waals surface area contributed by atoms with Gasteiger partial charge in [-0.05, 0) is 36.4 Å². The SMILES string of the molecule is O=C(CSc1ccc(Cl)cc1)Nc1ccc(N2CCOCC2)c([N+](=O)[O-])c1. The number of amides is 1. The van der Waals surface area contributed by atoms with E-state index in [0.717, 1.165) is 4.90 Å². The van der Waals surface area contributed by atoms with Crippen LogP contribution in [0.3, 0.4) is 0 Å². The molecule has 1 fully saturated rings. The molecule has 142 valence electrons. The van der Waals surface area contributed by atoms with Crippen LogP contribution in [0.25, 0.3) is 0 Å². The number of ether oxygens (including phenoxy) is 1. The summed E-state index contributed by atoms with van der Waals surface area (Å²) in [7, 11) is 0. The lowest BCUT2D eigenvalue weighted by Gasteiger charge is -2.28. The smallest absolute Gasteiger partial charge is 0.294 e. The van der Waals surface area contributed by atoms with Gasteiger partial charge in [-0.2, -0.15) is 0 Å². The number of hydrogen-bond donors (Lipinski definition) is 1. The van der Waals surface area contributed by atoms with E-state index < -0.39 is 4.92 Å². The van der Waals surface area contributed by atoms with Crippen LogP contribution in [-0.2, 0) is 9.53 Å². The van der Waals surface area contributed by atoms with Gasteiger partial charge in [-0.3, -0.25) is 14.9 Å². The Kier molecular flexibility index (Phi) is 6.54. The second-order valence-corrected chi connectivity index (χ2v) is 7.34. The number of nitrogens with one attached hydrogen (secondary N) is 1. The summed E-state index contributed by atoms with van der Waals surface area (Å²) >= 11 is 7.20. The number of morpholine rings is 1. The van der Waals surface area contributed by atoms with Crippen LogP contribution in [0.15, 0.2) is 47.4 Å². The van der Waals surface area contributed by atoms with Gasteiger partial charge in [-0.25, -0.2) is 0 Å². The van der Waals surface area contributed by atoms with E-state index in [9.17, 15) is 14.9 Å². The van der Waals surface area contributed by atoms with Crippen molar-refractivity contribution < 1.29 is 14.5 Å². The van der Waals surface area contributed by atoms with Gasteiger partial charge in [-0.15, -0.1) is 11.8 Å². The van der Waals surface area contributed by atoms with Crippen molar-refractivity contribution >= 4 is 46.3 Å². The van der Waals surface area contributed by atoms with Crippen LogP contribution < -0.4 is 10.2 Å². The summed E-state index contributed by atoms with van der Waals surface area (Å²) < 4.78 is 5.29. The number of nitro groups is 1. The first-order valence-corrected chi connectivity index (χ1v) is 9.68. The summed E-state index contributed by atoms with van der Waals surface area (Å²) in [5.41, 5.74) is 0.914. The highest BCUT2D eigenvalue weighted by Crippen LogP contribution is 2.32. The zero-order valence-corrected chi connectivity index (χ0v) is 16.0. The van der Waals surface area contributed by atoms with Crippen LogP contribution in [0, 0.1) is 10.1 Å². The second kappa shape index (κ2) is 9.07. The zero-order chi connectivity index (χ0) is 19.2. The summed E-state index contributed by atoms with van der Waals surface area (Å²) in [6.07, 6.45) is 0. The van der Waals surface area contributed by atoms with E-state index in [1.54, 1.807) is 24.3 Å². The number of carbonyl (C=O) groups is 1. The highest BCUT2D eigenvalue weighted by Gasteiger charge is 2.22. The summed E-state index contributed by atoms with van der Waals surface area (Å²) in [5.74, 6) is -0.0379. The van der Waals surface area contributed by atoms with E-state index >= 15 is 0 Å². The Hall–Kier alpha value is -2.29. The number of benzene rings is 2. The Morgan fingerprint density at radius 1 is 1.22 bits per heavy atom. The molecule has 0 spiro atoms. The summed E-state index contributed by atoms with van der Waals surface area (Å²) in [6.45, 7) is 2.28. The topological polar surface area (TPSA) is 84.7 Å². The third-order valence-corrected chi connectivity index (χ3v) is 5.26. The number of hydrogen-bond acceptors (Lipinski definition) is 6. The molecule has 0 unspecified atom stereocenters. The van der Waals surface area contributed by atoms with Gasteiger partial charge >= 0.3 is 0 Å². The Labute approximate surface area is 165 Å². The van der Waals surface area contributed by atoms with Crippen molar-refractivity contribution in [1.82, 2.24) is 0 Å². The van der Waals surface area contributed by atoms with Gasteiger partial charge in [0.2, 0.25) is 5.91 Å². The maximum Gasteiger partial charge on any atom is 0.294 e. The third-order valence-electron chi connectivity index (χ3n) is 3.99. The van der Waals surface area contributed by atoms with Crippen LogP contribution in [0.5, 0.6) is 0 Å². The van der Waals surface area contributed by atoms with Crippen molar-refractivity contribution in [2.75, 3.05) is 42.3 Å². The van der Waals surface area contributed by atoms with E-state index in [-0.39, 0.29) is 17.3 Å². The average molecular weight is 408 g/mol. The fraction of sp³-hybridized carbons (Fsp3) is 0.278. The van der Waals surface area contributed by atoms with Crippen molar-refractivity contribution in [3.63, 3.8) is 0 Å². The van der Waals surface area contributed by atoms with Gasteiger partial charge in [0.15, 0.2) is 0 Å². The predicted octanol–water partition coefficient (Wildman–Crippen LogP) is 3.82. The minimum Gasteiger partial charge on any atom is -0.378 e. The lowest BCUT2D eigenvalue weighted by molar-refractivity contribution is -0.384. The fourth-order valence-corrected chi connectivity index (χ4v) is 3.52. The minimum absolute atomic E-state index is 0.0277. The van der Waals surface area contributed by atoms with Crippen molar-refractivity contribution in [2.45, 2.75) is 4.90 Å². The highest BCUT2D eigenvalue weighted by molar-refractivity contribution is 8.00. The molecule has 1 N–H and O–H groups in total. The molecular weight excluding hydrogens is 390 g/mol. The molecule has 9 heteroatoms. The normalized spacial score (nSPS) is 14.0. The molecule has 2 aromatic rings. The van der Waals surface area contributed by atoms with E-state index in [2.05, 4.69) is 5.32 Å². The first kappa shape index (κ1) is 19.5. The molecule has 0 aliphatic carbocycles.